The first kappa shape index (κ1) is 28.0. The van der Waals surface area contributed by atoms with Crippen LogP contribution >= 0.6 is 0 Å². The molecule has 0 spiro atoms. The summed E-state index contributed by atoms with van der Waals surface area (Å²) >= 11 is 0. The van der Waals surface area contributed by atoms with Crippen LogP contribution in [-0.4, -0.2) is 127 Å². The van der Waals surface area contributed by atoms with Gasteiger partial charge in [-0.3, -0.25) is 20.0 Å². The molecule has 3 aliphatic rings. The van der Waals surface area contributed by atoms with E-state index >= 15 is 0 Å². The van der Waals surface area contributed by atoms with Gasteiger partial charge in [0, 0.05) is 51.7 Å². The smallest absolute Gasteiger partial charge is 0.410 e. The highest BCUT2D eigenvalue weighted by atomic mass is 16.6. The average Bonchev–Trinajstić information content (AvgIpc) is 3.18. The summed E-state index contributed by atoms with van der Waals surface area (Å²) in [6.07, 6.45) is 1.13. The fraction of sp³-hybridized carbons (Fsp3) is 0.833. The molecule has 0 aromatic rings. The largest absolute Gasteiger partial charge is 0.469 e. The van der Waals surface area contributed by atoms with Gasteiger partial charge >= 0.3 is 18.2 Å². The second kappa shape index (κ2) is 12.1. The molecule has 0 aromatic carbocycles. The zero-order chi connectivity index (χ0) is 26.5. The summed E-state index contributed by atoms with van der Waals surface area (Å²) in [5.41, 5.74) is 5.19. The highest BCUT2D eigenvalue weighted by molar-refractivity contribution is 5.87. The number of cyclic esters (lactones) is 1. The third-order valence-electron chi connectivity index (χ3n) is 6.91. The molecule has 0 bridgehead atoms. The molecule has 204 valence electrons. The Balaban J connectivity index is 1.46. The Morgan fingerprint density at radius 2 is 1.81 bits per heavy atom. The monoisotopic (exact) mass is 510 g/mol. The number of carbonyl (C=O) groups is 3. The molecule has 3 atom stereocenters. The molecule has 3 unspecified atom stereocenters. The lowest BCUT2D eigenvalue weighted by Gasteiger charge is -2.41. The summed E-state index contributed by atoms with van der Waals surface area (Å²) in [4.78, 5) is 44.5. The molecule has 3 fully saturated rings. The van der Waals surface area contributed by atoms with Crippen molar-refractivity contribution in [3.63, 3.8) is 0 Å². The van der Waals surface area contributed by atoms with E-state index in [2.05, 4.69) is 9.80 Å². The van der Waals surface area contributed by atoms with Crippen molar-refractivity contribution in [3.05, 3.63) is 0 Å². The quantitative estimate of drug-likeness (QED) is 0.212. The molecule has 3 N–H and O–H groups in total. The van der Waals surface area contributed by atoms with Crippen molar-refractivity contribution < 1.29 is 28.6 Å². The van der Waals surface area contributed by atoms with Gasteiger partial charge in [0.05, 0.1) is 19.7 Å². The molecule has 12 heteroatoms. The van der Waals surface area contributed by atoms with Gasteiger partial charge in [0.15, 0.2) is 0 Å². The summed E-state index contributed by atoms with van der Waals surface area (Å²) in [6.45, 7) is 11.4. The minimum atomic E-state index is -0.643. The molecular formula is C24H42N6O6. The Bertz CT molecular complexity index is 809. The molecular weight excluding hydrogens is 468 g/mol. The number of piperazine rings is 1. The maximum Gasteiger partial charge on any atom is 0.410 e. The van der Waals surface area contributed by atoms with Crippen LogP contribution in [0.4, 0.5) is 9.59 Å². The van der Waals surface area contributed by atoms with E-state index in [9.17, 15) is 14.4 Å². The lowest BCUT2D eigenvalue weighted by atomic mass is 9.95. The summed E-state index contributed by atoms with van der Waals surface area (Å²) in [5, 5.41) is 8.01. The zero-order valence-corrected chi connectivity index (χ0v) is 22.0. The Labute approximate surface area is 213 Å². The third-order valence-corrected chi connectivity index (χ3v) is 6.91. The van der Waals surface area contributed by atoms with Crippen molar-refractivity contribution in [1.82, 2.24) is 19.6 Å². The average molecular weight is 511 g/mol. The van der Waals surface area contributed by atoms with Gasteiger partial charge < -0.3 is 29.7 Å². The minimum absolute atomic E-state index is 0.112. The van der Waals surface area contributed by atoms with E-state index in [1.807, 2.05) is 0 Å². The maximum absolute atomic E-state index is 12.7. The van der Waals surface area contributed by atoms with E-state index in [0.29, 0.717) is 38.9 Å². The predicted molar refractivity (Wildman–Crippen MR) is 133 cm³/mol. The first-order valence-electron chi connectivity index (χ1n) is 12.8. The summed E-state index contributed by atoms with van der Waals surface area (Å²) in [5.74, 6) is -0.287. The van der Waals surface area contributed by atoms with Crippen LogP contribution in [0, 0.1) is 5.41 Å². The number of hydrogen-bond acceptors (Lipinski definition) is 9. The number of nitrogens with zero attached hydrogens (tertiary/aromatic N) is 4. The van der Waals surface area contributed by atoms with Gasteiger partial charge in [-0.2, -0.15) is 0 Å². The number of piperidine rings is 1. The predicted octanol–water partition coefficient (Wildman–Crippen LogP) is 1.08. The van der Waals surface area contributed by atoms with Gasteiger partial charge in [0.1, 0.15) is 17.5 Å². The molecule has 36 heavy (non-hydrogen) atoms. The minimum Gasteiger partial charge on any atom is -0.469 e. The van der Waals surface area contributed by atoms with Gasteiger partial charge in [0.2, 0.25) is 0 Å². The maximum atomic E-state index is 12.7. The van der Waals surface area contributed by atoms with E-state index in [-0.39, 0.29) is 30.0 Å². The molecule has 0 radical (unpaired) electrons. The number of nitrogens with one attached hydrogen (secondary N) is 1. The highest BCUT2D eigenvalue weighted by Gasteiger charge is 2.43. The molecule has 3 rings (SSSR count). The number of amides is 2. The number of carbonyl (C=O) groups excluding carboxylic acids is 3. The second-order valence-electron chi connectivity index (χ2n) is 10.8. The van der Waals surface area contributed by atoms with Crippen molar-refractivity contribution in [2.45, 2.75) is 70.2 Å². The van der Waals surface area contributed by atoms with Crippen molar-refractivity contribution in [1.29, 1.82) is 5.41 Å². The van der Waals surface area contributed by atoms with Gasteiger partial charge in [-0.25, -0.2) is 9.59 Å². The zero-order valence-electron chi connectivity index (χ0n) is 22.0. The first-order chi connectivity index (χ1) is 17.0. The van der Waals surface area contributed by atoms with Gasteiger partial charge in [-0.1, -0.05) is 0 Å². The topological polar surface area (TPSA) is 142 Å². The molecule has 3 saturated heterocycles. The highest BCUT2D eigenvalue weighted by Crippen LogP contribution is 2.28. The number of methoxy groups -OCH3 is 1. The Morgan fingerprint density at radius 1 is 1.14 bits per heavy atom. The van der Waals surface area contributed by atoms with Crippen LogP contribution in [0.2, 0.25) is 0 Å². The molecule has 3 aliphatic heterocycles. The number of likely N-dealkylation sites (tertiary alicyclic amines) is 1. The number of amidine groups is 1. The van der Waals surface area contributed by atoms with Crippen LogP contribution in [0.5, 0.6) is 0 Å². The third kappa shape index (κ3) is 7.70. The van der Waals surface area contributed by atoms with E-state index in [4.69, 9.17) is 25.4 Å². The van der Waals surface area contributed by atoms with Crippen molar-refractivity contribution in [3.8, 4) is 0 Å². The first-order valence-corrected chi connectivity index (χ1v) is 12.8. The molecule has 2 amide bonds. The Hall–Kier alpha value is -2.60. The van der Waals surface area contributed by atoms with E-state index < -0.39 is 17.7 Å². The van der Waals surface area contributed by atoms with Crippen LogP contribution in [0.1, 0.15) is 46.5 Å². The number of hydrogen-bond donors (Lipinski definition) is 2. The number of ether oxygens (including phenoxy) is 3. The van der Waals surface area contributed by atoms with Crippen molar-refractivity contribution in [2.24, 2.45) is 5.73 Å². The fourth-order valence-corrected chi connectivity index (χ4v) is 5.03. The van der Waals surface area contributed by atoms with Crippen LogP contribution in [0.3, 0.4) is 0 Å². The molecule has 0 aliphatic carbocycles. The van der Waals surface area contributed by atoms with Gasteiger partial charge in [-0.15, -0.1) is 0 Å². The van der Waals surface area contributed by atoms with Crippen LogP contribution < -0.4 is 5.73 Å². The van der Waals surface area contributed by atoms with Gasteiger partial charge in [0.25, 0.3) is 0 Å². The number of esters is 1. The molecule has 12 nitrogen and oxygen atoms in total. The fourth-order valence-electron chi connectivity index (χ4n) is 5.03. The summed E-state index contributed by atoms with van der Waals surface area (Å²) in [6, 6.07) is -0.764. The molecule has 0 aromatic heterocycles. The Kier molecular flexibility index (Phi) is 9.40. The van der Waals surface area contributed by atoms with Crippen LogP contribution in [0.15, 0.2) is 0 Å². The summed E-state index contributed by atoms with van der Waals surface area (Å²) < 4.78 is 15.9. The van der Waals surface area contributed by atoms with Gasteiger partial charge in [-0.05, 0) is 46.6 Å². The summed E-state index contributed by atoms with van der Waals surface area (Å²) in [7, 11) is 1.41. The van der Waals surface area contributed by atoms with E-state index in [0.717, 1.165) is 39.1 Å². The molecule has 0 saturated carbocycles. The normalized spacial score (nSPS) is 26.0. The van der Waals surface area contributed by atoms with Crippen LogP contribution in [0.25, 0.3) is 0 Å². The SMILES string of the molecule is COC(=O)CCCN1CCN(CC2CN(C3CCN(C(=O)OC(C)(C)C)C(C(=N)N)C3)C(=O)O2)CC1. The van der Waals surface area contributed by atoms with Crippen molar-refractivity contribution >= 4 is 24.0 Å². The van der Waals surface area contributed by atoms with Crippen LogP contribution in [-0.2, 0) is 19.0 Å². The lowest BCUT2D eigenvalue weighted by molar-refractivity contribution is -0.140. The lowest BCUT2D eigenvalue weighted by Crippen LogP contribution is -2.57. The second-order valence-corrected chi connectivity index (χ2v) is 10.8. The van der Waals surface area contributed by atoms with Crippen molar-refractivity contribution in [2.75, 3.05) is 59.5 Å². The standard InChI is InChI=1S/C24H42N6O6/c1-24(2,3)36-23(33)29-9-7-17(14-19(29)21(25)26)30-16-18(35-22(30)32)15-28-12-10-27(11-13-28)8-5-6-20(31)34-4/h17-19H,5-16H2,1-4H3,(H3,25,26). The number of nitrogens with two attached hydrogens (primary N) is 1. The Morgan fingerprint density at radius 3 is 2.42 bits per heavy atom. The number of rotatable bonds is 8. The van der Waals surface area contributed by atoms with E-state index in [1.165, 1.54) is 12.0 Å². The molecule has 3 heterocycles. The van der Waals surface area contributed by atoms with E-state index in [1.54, 1.807) is 25.7 Å².